The Balaban J connectivity index is 1.61. The molecule has 4 rings (SSSR count). The van der Waals surface area contributed by atoms with Crippen LogP contribution < -0.4 is 0 Å². The molecule has 1 N–H and O–H groups in total. The monoisotopic (exact) mass is 332 g/mol. The van der Waals surface area contributed by atoms with E-state index >= 15 is 0 Å². The predicted molar refractivity (Wildman–Crippen MR) is 92.4 cm³/mol. The number of hydrogen-bond acceptors (Lipinski definition) is 3. The van der Waals surface area contributed by atoms with Crippen LogP contribution in [-0.4, -0.2) is 22.3 Å². The number of fused-ring (bicyclic) bond motifs is 5. The minimum absolute atomic E-state index is 0.0516. The molecule has 134 valence electrons. The first-order valence-corrected chi connectivity index (χ1v) is 9.97. The van der Waals surface area contributed by atoms with Gasteiger partial charge in [-0.1, -0.05) is 13.8 Å². The van der Waals surface area contributed by atoms with Gasteiger partial charge in [-0.05, 0) is 87.4 Å². The van der Waals surface area contributed by atoms with Crippen LogP contribution in [0.1, 0.15) is 78.6 Å². The molecule has 0 aromatic carbocycles. The zero-order valence-corrected chi connectivity index (χ0v) is 15.4. The molecule has 4 aliphatic rings. The Labute approximate surface area is 145 Å². The van der Waals surface area contributed by atoms with E-state index in [1.54, 1.807) is 6.92 Å². The highest BCUT2D eigenvalue weighted by Crippen LogP contribution is 2.66. The summed E-state index contributed by atoms with van der Waals surface area (Å²) in [5, 5.41) is 10.7. The number of carbonyl (C=O) groups is 2. The number of rotatable bonds is 1. The molecule has 0 unspecified atom stereocenters. The van der Waals surface area contributed by atoms with E-state index in [0.29, 0.717) is 42.3 Å². The fraction of sp³-hybridized carbons (Fsp3) is 0.905. The van der Waals surface area contributed by atoms with Crippen molar-refractivity contribution in [3.8, 4) is 0 Å². The van der Waals surface area contributed by atoms with E-state index in [1.807, 2.05) is 0 Å². The number of carbonyl (C=O) groups excluding carboxylic acids is 2. The topological polar surface area (TPSA) is 54.4 Å². The van der Waals surface area contributed by atoms with Crippen molar-refractivity contribution in [3.63, 3.8) is 0 Å². The molecule has 0 heterocycles. The second-order valence-electron chi connectivity index (χ2n) is 9.87. The van der Waals surface area contributed by atoms with E-state index in [9.17, 15) is 14.7 Å². The standard InChI is InChI=1S/C21H32O3/c1-13(22)21(24)11-10-19(2)14(12-21)4-5-15-16-6-7-18(23)20(16,3)9-8-17(15)19/h14-17,24H,4-12H2,1-3H3/t14-,15+,16+,17-,19-,20-,21+/m0/s1. The summed E-state index contributed by atoms with van der Waals surface area (Å²) in [5.74, 6) is 2.85. The van der Waals surface area contributed by atoms with Crippen LogP contribution in [0.2, 0.25) is 0 Å². The van der Waals surface area contributed by atoms with Crippen LogP contribution in [0.15, 0.2) is 0 Å². The fourth-order valence-electron chi connectivity index (χ4n) is 7.34. The third-order valence-electron chi connectivity index (χ3n) is 9.09. The van der Waals surface area contributed by atoms with Crippen molar-refractivity contribution in [1.29, 1.82) is 0 Å². The van der Waals surface area contributed by atoms with Gasteiger partial charge in [0.25, 0.3) is 0 Å². The van der Waals surface area contributed by atoms with Gasteiger partial charge in [-0.3, -0.25) is 9.59 Å². The Morgan fingerprint density at radius 1 is 1.04 bits per heavy atom. The molecule has 7 atom stereocenters. The van der Waals surface area contributed by atoms with E-state index in [1.165, 1.54) is 6.42 Å². The van der Waals surface area contributed by atoms with Crippen LogP contribution >= 0.6 is 0 Å². The summed E-state index contributed by atoms with van der Waals surface area (Å²) in [6, 6.07) is 0. The first-order valence-electron chi connectivity index (χ1n) is 9.97. The highest BCUT2D eigenvalue weighted by molar-refractivity contribution is 5.87. The molecule has 0 bridgehead atoms. The van der Waals surface area contributed by atoms with Gasteiger partial charge in [-0.25, -0.2) is 0 Å². The molecule has 3 nitrogen and oxygen atoms in total. The quantitative estimate of drug-likeness (QED) is 0.792. The number of aliphatic hydroxyl groups is 1. The summed E-state index contributed by atoms with van der Waals surface area (Å²) < 4.78 is 0. The summed E-state index contributed by atoms with van der Waals surface area (Å²) in [5.41, 5.74) is -0.889. The summed E-state index contributed by atoms with van der Waals surface area (Å²) >= 11 is 0. The Kier molecular flexibility index (Phi) is 3.60. The molecule has 4 fully saturated rings. The second kappa shape index (κ2) is 5.16. The van der Waals surface area contributed by atoms with Crippen LogP contribution in [0.3, 0.4) is 0 Å². The maximum atomic E-state index is 12.5. The minimum Gasteiger partial charge on any atom is -0.382 e. The van der Waals surface area contributed by atoms with Crippen LogP contribution in [0.5, 0.6) is 0 Å². The summed E-state index contributed by atoms with van der Waals surface area (Å²) in [6.45, 7) is 6.20. The Hall–Kier alpha value is -0.700. The van der Waals surface area contributed by atoms with Crippen LogP contribution in [0, 0.1) is 34.5 Å². The summed E-state index contributed by atoms with van der Waals surface area (Å²) in [4.78, 5) is 24.4. The van der Waals surface area contributed by atoms with Gasteiger partial charge in [0.05, 0.1) is 0 Å². The van der Waals surface area contributed by atoms with Gasteiger partial charge >= 0.3 is 0 Å². The molecule has 0 radical (unpaired) electrons. The molecular weight excluding hydrogens is 300 g/mol. The lowest BCUT2D eigenvalue weighted by molar-refractivity contribution is -0.165. The summed E-state index contributed by atoms with van der Waals surface area (Å²) in [6.07, 6.45) is 8.64. The van der Waals surface area contributed by atoms with Crippen molar-refractivity contribution >= 4 is 11.6 Å². The van der Waals surface area contributed by atoms with Crippen molar-refractivity contribution in [2.24, 2.45) is 34.5 Å². The second-order valence-corrected chi connectivity index (χ2v) is 9.87. The van der Waals surface area contributed by atoms with Crippen molar-refractivity contribution in [3.05, 3.63) is 0 Å². The Morgan fingerprint density at radius 3 is 2.50 bits per heavy atom. The normalized spacial score (nSPS) is 53.9. The number of hydrogen-bond donors (Lipinski definition) is 1. The van der Waals surface area contributed by atoms with Gasteiger partial charge in [-0.15, -0.1) is 0 Å². The van der Waals surface area contributed by atoms with E-state index in [-0.39, 0.29) is 16.6 Å². The highest BCUT2D eigenvalue weighted by atomic mass is 16.3. The van der Waals surface area contributed by atoms with Crippen molar-refractivity contribution in [2.45, 2.75) is 84.2 Å². The SMILES string of the molecule is CC(=O)[C@@]1(O)CC[C@@]2(C)[C@@H](CC[C@@H]3[C@H]4CCC(=O)[C@@]4(C)CC[C@@H]32)C1. The predicted octanol–water partition coefficient (Wildman–Crippen LogP) is 3.92. The van der Waals surface area contributed by atoms with Crippen molar-refractivity contribution < 1.29 is 14.7 Å². The summed E-state index contributed by atoms with van der Waals surface area (Å²) in [7, 11) is 0. The van der Waals surface area contributed by atoms with Gasteiger partial charge in [0.2, 0.25) is 0 Å². The molecule has 0 saturated heterocycles. The maximum Gasteiger partial charge on any atom is 0.161 e. The lowest BCUT2D eigenvalue weighted by Crippen LogP contribution is -2.57. The largest absolute Gasteiger partial charge is 0.382 e. The third-order valence-corrected chi connectivity index (χ3v) is 9.09. The zero-order chi connectivity index (χ0) is 17.3. The maximum absolute atomic E-state index is 12.5. The average Bonchev–Trinajstić information content (AvgIpc) is 2.84. The van der Waals surface area contributed by atoms with Gasteiger partial charge in [0.1, 0.15) is 11.4 Å². The third kappa shape index (κ3) is 2.06. The van der Waals surface area contributed by atoms with Crippen LogP contribution in [-0.2, 0) is 9.59 Å². The molecule has 0 aromatic rings. The van der Waals surface area contributed by atoms with Crippen LogP contribution in [0.25, 0.3) is 0 Å². The Bertz CT molecular complexity index is 584. The fourth-order valence-corrected chi connectivity index (χ4v) is 7.34. The first-order chi connectivity index (χ1) is 11.2. The average molecular weight is 332 g/mol. The van der Waals surface area contributed by atoms with E-state index in [2.05, 4.69) is 13.8 Å². The van der Waals surface area contributed by atoms with Gasteiger partial charge in [0.15, 0.2) is 5.78 Å². The molecular formula is C21H32O3. The molecule has 3 heteroatoms. The van der Waals surface area contributed by atoms with Gasteiger partial charge in [-0.2, -0.15) is 0 Å². The van der Waals surface area contributed by atoms with Gasteiger partial charge < -0.3 is 5.11 Å². The Morgan fingerprint density at radius 2 is 1.79 bits per heavy atom. The molecule has 0 aliphatic heterocycles. The molecule has 0 aromatic heterocycles. The number of ketones is 2. The lowest BCUT2D eigenvalue weighted by atomic mass is 9.44. The molecule has 0 amide bonds. The molecule has 0 spiro atoms. The molecule has 4 aliphatic carbocycles. The molecule has 4 saturated carbocycles. The van der Waals surface area contributed by atoms with Crippen molar-refractivity contribution in [2.75, 3.05) is 0 Å². The zero-order valence-electron chi connectivity index (χ0n) is 15.4. The van der Waals surface area contributed by atoms with Gasteiger partial charge in [0, 0.05) is 11.8 Å². The molecule has 24 heavy (non-hydrogen) atoms. The number of Topliss-reactive ketones (excluding diaryl/α,β-unsaturated/α-hetero) is 2. The smallest absolute Gasteiger partial charge is 0.161 e. The minimum atomic E-state index is -1.08. The van der Waals surface area contributed by atoms with E-state index < -0.39 is 5.60 Å². The van der Waals surface area contributed by atoms with E-state index in [4.69, 9.17) is 0 Å². The van der Waals surface area contributed by atoms with Crippen molar-refractivity contribution in [1.82, 2.24) is 0 Å². The first kappa shape index (κ1) is 16.8. The van der Waals surface area contributed by atoms with E-state index in [0.717, 1.165) is 38.5 Å². The highest BCUT2D eigenvalue weighted by Gasteiger charge is 2.61. The lowest BCUT2D eigenvalue weighted by Gasteiger charge is -2.61. The van der Waals surface area contributed by atoms with Crippen LogP contribution in [0.4, 0.5) is 0 Å².